The first-order chi connectivity index (χ1) is 7.59. The van der Waals surface area contributed by atoms with Crippen molar-refractivity contribution in [2.24, 2.45) is 4.99 Å². The van der Waals surface area contributed by atoms with Crippen molar-refractivity contribution in [2.75, 3.05) is 0 Å². The number of aliphatic imine (C=N–C) groups is 1. The predicted octanol–water partition coefficient (Wildman–Crippen LogP) is 2.06. The van der Waals surface area contributed by atoms with E-state index in [-0.39, 0.29) is 11.3 Å². The lowest BCUT2D eigenvalue weighted by atomic mass is 10.0. The second-order valence-electron chi connectivity index (χ2n) is 3.66. The molecule has 82 valence electrons. The first-order valence-electron chi connectivity index (χ1n) is 4.62. The molecule has 0 radical (unpaired) electrons. The van der Waals surface area contributed by atoms with E-state index in [9.17, 15) is 19.3 Å². The van der Waals surface area contributed by atoms with Gasteiger partial charge in [0, 0.05) is 17.7 Å². The smallest absolute Gasteiger partial charge is 0.258 e. The predicted molar refractivity (Wildman–Crippen MR) is 52.1 cm³/mol. The summed E-state index contributed by atoms with van der Waals surface area (Å²) in [7, 11) is 0. The van der Waals surface area contributed by atoms with Gasteiger partial charge in [-0.1, -0.05) is 0 Å². The van der Waals surface area contributed by atoms with Crippen LogP contribution in [-0.2, 0) is 10.3 Å². The summed E-state index contributed by atoms with van der Waals surface area (Å²) in [4.78, 5) is 23.7. The van der Waals surface area contributed by atoms with Gasteiger partial charge in [-0.3, -0.25) is 10.1 Å². The Hall–Kier alpha value is -2.07. The topological polar surface area (TPSA) is 72.6 Å². The molecule has 0 heterocycles. The molecule has 1 aliphatic rings. The molecule has 0 saturated heterocycles. The molecule has 0 aromatic heterocycles. The normalized spacial score (nSPS) is 16.3. The summed E-state index contributed by atoms with van der Waals surface area (Å²) in [6.07, 6.45) is 2.41. The lowest BCUT2D eigenvalue weighted by molar-refractivity contribution is -0.385. The maximum Gasteiger partial charge on any atom is 0.270 e. The number of nitrogens with zero attached hydrogens (tertiary/aromatic N) is 2. The van der Waals surface area contributed by atoms with Crippen molar-refractivity contribution >= 4 is 11.8 Å². The standard InChI is InChI=1S/C10H7FN2O3/c11-9-2-1-7(13(15)16)5-8(9)10(3-4-10)12-6-14/h1-2,5H,3-4H2. The number of nitro groups is 1. The zero-order valence-corrected chi connectivity index (χ0v) is 8.14. The summed E-state index contributed by atoms with van der Waals surface area (Å²) < 4.78 is 13.5. The number of isocyanates is 1. The highest BCUT2D eigenvalue weighted by atomic mass is 19.1. The van der Waals surface area contributed by atoms with Gasteiger partial charge in [0.05, 0.1) is 4.92 Å². The Morgan fingerprint density at radius 2 is 2.19 bits per heavy atom. The summed E-state index contributed by atoms with van der Waals surface area (Å²) in [6, 6.07) is 3.23. The highest BCUT2D eigenvalue weighted by molar-refractivity contribution is 5.45. The van der Waals surface area contributed by atoms with E-state index in [1.165, 1.54) is 6.08 Å². The van der Waals surface area contributed by atoms with Crippen LogP contribution in [0.4, 0.5) is 10.1 Å². The first-order valence-corrected chi connectivity index (χ1v) is 4.62. The fourth-order valence-corrected chi connectivity index (χ4v) is 1.63. The monoisotopic (exact) mass is 222 g/mol. The molecule has 16 heavy (non-hydrogen) atoms. The number of non-ortho nitro benzene ring substituents is 1. The van der Waals surface area contributed by atoms with Gasteiger partial charge in [0.1, 0.15) is 11.4 Å². The van der Waals surface area contributed by atoms with E-state index in [4.69, 9.17) is 0 Å². The van der Waals surface area contributed by atoms with Crippen LogP contribution < -0.4 is 0 Å². The van der Waals surface area contributed by atoms with E-state index in [2.05, 4.69) is 4.99 Å². The fraction of sp³-hybridized carbons (Fsp3) is 0.300. The first kappa shape index (κ1) is 10.4. The van der Waals surface area contributed by atoms with E-state index < -0.39 is 16.3 Å². The SMILES string of the molecule is O=C=NC1(c2cc([N+](=O)[O-])ccc2F)CC1. The largest absolute Gasteiger partial charge is 0.270 e. The Morgan fingerprint density at radius 1 is 1.50 bits per heavy atom. The summed E-state index contributed by atoms with van der Waals surface area (Å²) in [6.45, 7) is 0. The molecule has 2 rings (SSSR count). The molecule has 5 nitrogen and oxygen atoms in total. The van der Waals surface area contributed by atoms with Crippen LogP contribution in [0.15, 0.2) is 23.2 Å². The molecular formula is C10H7FN2O3. The Labute approximate surface area is 89.8 Å². The number of benzene rings is 1. The highest BCUT2D eigenvalue weighted by Gasteiger charge is 2.47. The molecule has 1 saturated carbocycles. The van der Waals surface area contributed by atoms with E-state index in [1.807, 2.05) is 0 Å². The molecule has 1 aromatic carbocycles. The lowest BCUT2D eigenvalue weighted by Gasteiger charge is -2.08. The van der Waals surface area contributed by atoms with Crippen LogP contribution in [0.3, 0.4) is 0 Å². The minimum absolute atomic E-state index is 0.102. The molecule has 1 aromatic rings. The van der Waals surface area contributed by atoms with Gasteiger partial charge in [0.25, 0.3) is 5.69 Å². The summed E-state index contributed by atoms with van der Waals surface area (Å²) >= 11 is 0. The summed E-state index contributed by atoms with van der Waals surface area (Å²) in [5.74, 6) is -0.581. The number of hydrogen-bond acceptors (Lipinski definition) is 4. The number of carbonyl (C=O) groups excluding carboxylic acids is 1. The quantitative estimate of drug-likeness (QED) is 0.340. The van der Waals surface area contributed by atoms with Crippen LogP contribution in [-0.4, -0.2) is 11.0 Å². The van der Waals surface area contributed by atoms with Gasteiger partial charge in [0.15, 0.2) is 0 Å². The average Bonchev–Trinajstić information content (AvgIpc) is 2.99. The zero-order valence-electron chi connectivity index (χ0n) is 8.14. The van der Waals surface area contributed by atoms with Crippen molar-refractivity contribution in [2.45, 2.75) is 18.4 Å². The van der Waals surface area contributed by atoms with Crippen LogP contribution in [0.5, 0.6) is 0 Å². The molecule has 0 aliphatic heterocycles. The maximum atomic E-state index is 13.5. The Kier molecular flexibility index (Phi) is 2.29. The maximum absolute atomic E-state index is 13.5. The van der Waals surface area contributed by atoms with E-state index in [0.29, 0.717) is 12.8 Å². The zero-order chi connectivity index (χ0) is 11.8. The Bertz CT molecular complexity index is 505. The van der Waals surface area contributed by atoms with Gasteiger partial charge < -0.3 is 0 Å². The molecule has 0 unspecified atom stereocenters. The van der Waals surface area contributed by atoms with Crippen molar-refractivity contribution in [1.29, 1.82) is 0 Å². The number of rotatable bonds is 3. The van der Waals surface area contributed by atoms with Gasteiger partial charge in [0.2, 0.25) is 6.08 Å². The minimum Gasteiger partial charge on any atom is -0.258 e. The molecule has 6 heteroatoms. The van der Waals surface area contributed by atoms with E-state index in [1.54, 1.807) is 0 Å². The van der Waals surface area contributed by atoms with Crippen LogP contribution >= 0.6 is 0 Å². The number of hydrogen-bond donors (Lipinski definition) is 0. The van der Waals surface area contributed by atoms with Crippen molar-refractivity contribution in [3.63, 3.8) is 0 Å². The van der Waals surface area contributed by atoms with Gasteiger partial charge >= 0.3 is 0 Å². The highest BCUT2D eigenvalue weighted by Crippen LogP contribution is 2.50. The molecular weight excluding hydrogens is 215 g/mol. The third kappa shape index (κ3) is 1.59. The van der Waals surface area contributed by atoms with Crippen molar-refractivity contribution in [3.05, 3.63) is 39.7 Å². The summed E-state index contributed by atoms with van der Waals surface area (Å²) in [5, 5.41) is 10.5. The number of nitro benzene ring substituents is 1. The molecule has 0 spiro atoms. The van der Waals surface area contributed by atoms with Gasteiger partial charge in [-0.2, -0.15) is 4.99 Å². The third-order valence-corrected chi connectivity index (χ3v) is 2.65. The van der Waals surface area contributed by atoms with Gasteiger partial charge in [-0.25, -0.2) is 9.18 Å². The second-order valence-corrected chi connectivity index (χ2v) is 3.66. The van der Waals surface area contributed by atoms with Crippen molar-refractivity contribution < 1.29 is 14.1 Å². The Morgan fingerprint density at radius 3 is 2.69 bits per heavy atom. The van der Waals surface area contributed by atoms with Crippen molar-refractivity contribution in [3.8, 4) is 0 Å². The van der Waals surface area contributed by atoms with Crippen molar-refractivity contribution in [1.82, 2.24) is 0 Å². The Balaban J connectivity index is 2.52. The second kappa shape index (κ2) is 3.50. The van der Waals surface area contributed by atoms with Gasteiger partial charge in [-0.15, -0.1) is 0 Å². The average molecular weight is 222 g/mol. The molecule has 0 atom stereocenters. The minimum atomic E-state index is -0.919. The van der Waals surface area contributed by atoms with Gasteiger partial charge in [-0.05, 0) is 18.9 Å². The molecule has 1 aliphatic carbocycles. The van der Waals surface area contributed by atoms with E-state index in [0.717, 1.165) is 18.2 Å². The van der Waals surface area contributed by atoms with Crippen LogP contribution in [0.25, 0.3) is 0 Å². The lowest BCUT2D eigenvalue weighted by Crippen LogP contribution is -2.06. The summed E-state index contributed by atoms with van der Waals surface area (Å²) in [5.41, 5.74) is -1.02. The third-order valence-electron chi connectivity index (χ3n) is 2.65. The number of halogens is 1. The molecule has 0 N–H and O–H groups in total. The van der Waals surface area contributed by atoms with Crippen LogP contribution in [0, 0.1) is 15.9 Å². The van der Waals surface area contributed by atoms with Crippen LogP contribution in [0.1, 0.15) is 18.4 Å². The fourth-order valence-electron chi connectivity index (χ4n) is 1.63. The molecule has 0 amide bonds. The van der Waals surface area contributed by atoms with Crippen LogP contribution in [0.2, 0.25) is 0 Å². The van der Waals surface area contributed by atoms with E-state index >= 15 is 0 Å². The molecule has 1 fully saturated rings. The molecule has 0 bridgehead atoms.